The van der Waals surface area contributed by atoms with Crippen molar-refractivity contribution in [2.75, 3.05) is 13.1 Å². The third kappa shape index (κ3) is 4.68. The molecule has 9 heteroatoms. The normalized spacial score (nSPS) is 13.5. The molecule has 0 saturated carbocycles. The van der Waals surface area contributed by atoms with Crippen LogP contribution in [0.1, 0.15) is 23.6 Å². The van der Waals surface area contributed by atoms with Gasteiger partial charge < -0.3 is 4.90 Å². The van der Waals surface area contributed by atoms with Gasteiger partial charge in [-0.3, -0.25) is 34.6 Å². The lowest BCUT2D eigenvalue weighted by atomic mass is 10.0. The maximum atomic E-state index is 13.6. The molecule has 0 fully saturated rings. The van der Waals surface area contributed by atoms with Gasteiger partial charge in [-0.25, -0.2) is 0 Å². The summed E-state index contributed by atoms with van der Waals surface area (Å²) in [6.45, 7) is 3.08. The van der Waals surface area contributed by atoms with E-state index in [1.807, 2.05) is 24.0 Å². The molecule has 172 valence electrons. The van der Waals surface area contributed by atoms with Crippen molar-refractivity contribution in [3.63, 3.8) is 0 Å². The lowest BCUT2D eigenvalue weighted by Gasteiger charge is -2.25. The van der Waals surface area contributed by atoms with E-state index in [2.05, 4.69) is 9.97 Å². The van der Waals surface area contributed by atoms with Gasteiger partial charge in [0.05, 0.1) is 17.0 Å². The highest BCUT2D eigenvalue weighted by atomic mass is 16.6. The molecular weight excluding hydrogens is 434 g/mol. The van der Waals surface area contributed by atoms with E-state index in [1.54, 1.807) is 36.9 Å². The third-order valence-corrected chi connectivity index (χ3v) is 5.72. The van der Waals surface area contributed by atoms with Crippen LogP contribution in [0.25, 0.3) is 5.57 Å². The van der Waals surface area contributed by atoms with Crippen molar-refractivity contribution in [3.05, 3.63) is 106 Å². The molecule has 2 amide bonds. The van der Waals surface area contributed by atoms with Crippen LogP contribution in [0.4, 0.5) is 5.69 Å². The van der Waals surface area contributed by atoms with Crippen LogP contribution < -0.4 is 0 Å². The number of carbonyl (C=O) groups excluding carboxylic acids is 2. The average molecular weight is 457 g/mol. The number of non-ortho nitro benzene ring substituents is 1. The van der Waals surface area contributed by atoms with Gasteiger partial charge in [0, 0.05) is 50.0 Å². The fraction of sp³-hybridized carbons (Fsp3) is 0.200. The predicted molar refractivity (Wildman–Crippen MR) is 125 cm³/mol. The Bertz CT molecular complexity index is 1230. The molecule has 0 unspecified atom stereocenters. The molecule has 0 N–H and O–H groups in total. The smallest absolute Gasteiger partial charge is 0.278 e. The van der Waals surface area contributed by atoms with E-state index >= 15 is 0 Å². The number of nitro groups is 1. The Kier molecular flexibility index (Phi) is 6.72. The van der Waals surface area contributed by atoms with Crippen molar-refractivity contribution < 1.29 is 14.5 Å². The number of pyridine rings is 2. The van der Waals surface area contributed by atoms with E-state index in [9.17, 15) is 19.7 Å². The summed E-state index contributed by atoms with van der Waals surface area (Å²) in [6.07, 6.45) is 7.32. The van der Waals surface area contributed by atoms with Crippen molar-refractivity contribution in [1.29, 1.82) is 0 Å². The Labute approximate surface area is 196 Å². The molecule has 0 spiro atoms. The lowest BCUT2D eigenvalue weighted by Crippen LogP contribution is -2.35. The first-order valence-electron chi connectivity index (χ1n) is 10.9. The van der Waals surface area contributed by atoms with E-state index in [0.29, 0.717) is 30.8 Å². The zero-order chi connectivity index (χ0) is 24.1. The van der Waals surface area contributed by atoms with Crippen LogP contribution in [-0.4, -0.2) is 49.6 Å². The molecule has 0 atom stereocenters. The van der Waals surface area contributed by atoms with Crippen molar-refractivity contribution in [2.24, 2.45) is 0 Å². The fourth-order valence-electron chi connectivity index (χ4n) is 3.92. The highest BCUT2D eigenvalue weighted by Crippen LogP contribution is 2.33. The van der Waals surface area contributed by atoms with Crippen molar-refractivity contribution in [2.45, 2.75) is 19.9 Å². The van der Waals surface area contributed by atoms with Crippen LogP contribution in [-0.2, 0) is 22.6 Å². The van der Waals surface area contributed by atoms with Gasteiger partial charge in [-0.15, -0.1) is 0 Å². The molecule has 4 rings (SSSR count). The molecule has 0 saturated heterocycles. The SMILES string of the molecule is CCN(CCc1ccncc1)C1=C(c2ccc([N+](=O)[O-])cc2)C(=O)N(Cc2ccncc2)C1=O. The summed E-state index contributed by atoms with van der Waals surface area (Å²) in [5.74, 6) is -0.806. The van der Waals surface area contributed by atoms with Crippen LogP contribution >= 0.6 is 0 Å². The summed E-state index contributed by atoms with van der Waals surface area (Å²) in [4.78, 5) is 48.8. The minimum absolute atomic E-state index is 0.0821. The van der Waals surface area contributed by atoms with Crippen molar-refractivity contribution in [3.8, 4) is 0 Å². The molecule has 0 bridgehead atoms. The minimum atomic E-state index is -0.497. The highest BCUT2D eigenvalue weighted by molar-refractivity contribution is 6.35. The van der Waals surface area contributed by atoms with E-state index < -0.39 is 10.8 Å². The zero-order valence-corrected chi connectivity index (χ0v) is 18.6. The van der Waals surface area contributed by atoms with Gasteiger partial charge in [0.1, 0.15) is 5.70 Å². The van der Waals surface area contributed by atoms with Crippen LogP contribution in [0.2, 0.25) is 0 Å². The van der Waals surface area contributed by atoms with Crippen LogP contribution in [0.3, 0.4) is 0 Å². The molecule has 3 heterocycles. The number of rotatable bonds is 9. The summed E-state index contributed by atoms with van der Waals surface area (Å²) < 4.78 is 0. The van der Waals surface area contributed by atoms with Gasteiger partial charge in [-0.05, 0) is 66.4 Å². The van der Waals surface area contributed by atoms with Gasteiger partial charge >= 0.3 is 0 Å². The van der Waals surface area contributed by atoms with Gasteiger partial charge in [0.25, 0.3) is 17.5 Å². The summed E-state index contributed by atoms with van der Waals surface area (Å²) in [7, 11) is 0. The molecule has 2 aromatic heterocycles. The summed E-state index contributed by atoms with van der Waals surface area (Å²) in [6, 6.07) is 13.1. The number of amides is 2. The minimum Gasteiger partial charge on any atom is -0.366 e. The molecule has 1 aliphatic heterocycles. The number of nitro benzene ring substituents is 1. The topological polar surface area (TPSA) is 110 Å². The Morgan fingerprint density at radius 2 is 1.47 bits per heavy atom. The first-order valence-corrected chi connectivity index (χ1v) is 10.9. The van der Waals surface area contributed by atoms with Gasteiger partial charge in [0.2, 0.25) is 0 Å². The van der Waals surface area contributed by atoms with Gasteiger partial charge in [0.15, 0.2) is 0 Å². The number of aromatic nitrogens is 2. The molecule has 9 nitrogen and oxygen atoms in total. The first-order chi connectivity index (χ1) is 16.5. The number of benzene rings is 1. The number of carbonyl (C=O) groups is 2. The zero-order valence-electron chi connectivity index (χ0n) is 18.6. The van der Waals surface area contributed by atoms with E-state index in [-0.39, 0.29) is 23.7 Å². The van der Waals surface area contributed by atoms with Crippen LogP contribution in [0.5, 0.6) is 0 Å². The Morgan fingerprint density at radius 1 is 0.882 bits per heavy atom. The van der Waals surface area contributed by atoms with E-state index in [1.165, 1.54) is 29.2 Å². The second-order valence-electron chi connectivity index (χ2n) is 7.76. The van der Waals surface area contributed by atoms with Gasteiger partial charge in [-0.2, -0.15) is 0 Å². The molecule has 0 aliphatic carbocycles. The molecular formula is C25H23N5O4. The standard InChI is InChI=1S/C25H23N5O4/c1-2-28(16-11-18-7-12-26-13-8-18)23-22(20-3-5-21(6-4-20)30(33)34)24(31)29(25(23)32)17-19-9-14-27-15-10-19/h3-10,12-15H,2,11,16-17H2,1H3. The third-order valence-electron chi connectivity index (χ3n) is 5.72. The predicted octanol–water partition coefficient (Wildman–Crippen LogP) is 3.23. The van der Waals surface area contributed by atoms with Gasteiger partial charge in [-0.1, -0.05) is 0 Å². The molecule has 34 heavy (non-hydrogen) atoms. The Morgan fingerprint density at radius 3 is 2.03 bits per heavy atom. The Hall–Kier alpha value is -4.40. The van der Waals surface area contributed by atoms with Crippen molar-refractivity contribution >= 4 is 23.1 Å². The molecule has 3 aromatic rings. The summed E-state index contributed by atoms with van der Waals surface area (Å²) >= 11 is 0. The van der Waals surface area contributed by atoms with Crippen molar-refractivity contribution in [1.82, 2.24) is 19.8 Å². The maximum absolute atomic E-state index is 13.6. The monoisotopic (exact) mass is 457 g/mol. The number of hydrogen-bond acceptors (Lipinski definition) is 7. The first kappa shape index (κ1) is 22.8. The van der Waals surface area contributed by atoms with E-state index in [0.717, 1.165) is 11.1 Å². The lowest BCUT2D eigenvalue weighted by molar-refractivity contribution is -0.384. The molecule has 0 radical (unpaired) electrons. The van der Waals surface area contributed by atoms with Crippen LogP contribution in [0, 0.1) is 10.1 Å². The second-order valence-corrected chi connectivity index (χ2v) is 7.76. The number of hydrogen-bond donors (Lipinski definition) is 0. The average Bonchev–Trinajstić information content (AvgIpc) is 3.10. The van der Waals surface area contributed by atoms with Crippen LogP contribution in [0.15, 0.2) is 79.0 Å². The van der Waals surface area contributed by atoms with E-state index in [4.69, 9.17) is 0 Å². The number of likely N-dealkylation sites (N-methyl/N-ethyl adjacent to an activating group) is 1. The number of nitrogens with zero attached hydrogens (tertiary/aromatic N) is 5. The summed E-state index contributed by atoms with van der Waals surface area (Å²) in [5.41, 5.74) is 2.80. The maximum Gasteiger partial charge on any atom is 0.278 e. The fourth-order valence-corrected chi connectivity index (χ4v) is 3.92. The number of imide groups is 1. The highest BCUT2D eigenvalue weighted by Gasteiger charge is 2.41. The Balaban J connectivity index is 1.71. The summed E-state index contributed by atoms with van der Waals surface area (Å²) in [5, 5.41) is 11.1. The quantitative estimate of drug-likeness (QED) is 0.276. The largest absolute Gasteiger partial charge is 0.366 e. The molecule has 1 aliphatic rings. The molecule has 1 aromatic carbocycles. The second kappa shape index (κ2) is 10.0.